The number of hydrogen-bond acceptors (Lipinski definition) is 7. The Hall–Kier alpha value is -1.49. The van der Waals surface area contributed by atoms with Crippen LogP contribution in [0.25, 0.3) is 0 Å². The van der Waals surface area contributed by atoms with E-state index < -0.39 is 42.2 Å². The van der Waals surface area contributed by atoms with Gasteiger partial charge >= 0.3 is 5.97 Å². The quantitative estimate of drug-likeness (QED) is 0.289. The van der Waals surface area contributed by atoms with E-state index in [1.165, 1.54) is 21.0 Å². The number of β-lactam (4-membered cyclic amide) rings is 1. The fourth-order valence-corrected chi connectivity index (χ4v) is 7.12. The maximum Gasteiger partial charge on any atom is 0.330 e. The van der Waals surface area contributed by atoms with E-state index in [0.29, 0.717) is 0 Å². The van der Waals surface area contributed by atoms with Crippen LogP contribution in [0.3, 0.4) is 0 Å². The molecule has 2 saturated heterocycles. The van der Waals surface area contributed by atoms with Crippen molar-refractivity contribution in [1.29, 1.82) is 0 Å². The zero-order valence-corrected chi connectivity index (χ0v) is 17.5. The summed E-state index contributed by atoms with van der Waals surface area (Å²) in [7, 11) is -2.48. The number of hydrogen-bond donors (Lipinski definition) is 1. The van der Waals surface area contributed by atoms with Gasteiger partial charge in [-0.05, 0) is 19.4 Å². The third-order valence-electron chi connectivity index (χ3n) is 5.12. The summed E-state index contributed by atoms with van der Waals surface area (Å²) in [5.74, 6) is -1.23. The number of benzene rings is 1. The molecule has 0 saturated carbocycles. The van der Waals surface area contributed by atoms with Crippen LogP contribution in [0.5, 0.6) is 0 Å². The molecule has 10 heteroatoms. The number of rotatable bonds is 6. The van der Waals surface area contributed by atoms with E-state index in [4.69, 9.17) is 9.57 Å². The highest BCUT2D eigenvalue weighted by Crippen LogP contribution is 2.53. The molecule has 8 nitrogen and oxygen atoms in total. The molecule has 1 N–H and O–H groups in total. The largest absolute Gasteiger partial charge is 0.459 e. The summed E-state index contributed by atoms with van der Waals surface area (Å²) in [5.41, 5.74) is 3.29. The standard InChI is InChI=1S/C17H21BrN2O6S/c1-16(2)12(13(21)26-9-11-7-5-4-6-8-11)20-14(22)17(18,10-19-25-3)15(20)27(16,23)24/h4-8,12,15,19H,9-10H2,1-3H3/t12-,15+,17+/m0/s1. The SMILES string of the molecule is CONC[C@@]1(Br)C(=O)N2[C@@H](C(=O)OCc3ccccc3)C(C)(C)S(=O)(=O)[C@@H]21. The topological polar surface area (TPSA) is 102 Å². The third-order valence-corrected chi connectivity index (χ3v) is 9.38. The van der Waals surface area contributed by atoms with Crippen LogP contribution >= 0.6 is 15.9 Å². The highest BCUT2D eigenvalue weighted by Gasteiger charge is 2.77. The molecule has 0 aliphatic carbocycles. The molecule has 0 unspecified atom stereocenters. The van der Waals surface area contributed by atoms with E-state index in [2.05, 4.69) is 21.4 Å². The molecule has 2 aliphatic rings. The number of carbonyl (C=O) groups is 2. The molecule has 1 aromatic rings. The molecule has 0 aromatic heterocycles. The van der Waals surface area contributed by atoms with Crippen LogP contribution in [-0.2, 0) is 35.6 Å². The van der Waals surface area contributed by atoms with Gasteiger partial charge in [-0.15, -0.1) is 0 Å². The van der Waals surface area contributed by atoms with Crippen molar-refractivity contribution in [2.45, 2.75) is 40.9 Å². The lowest BCUT2D eigenvalue weighted by atomic mass is 9.91. The van der Waals surface area contributed by atoms with Crippen molar-refractivity contribution < 1.29 is 27.6 Å². The molecule has 2 heterocycles. The van der Waals surface area contributed by atoms with E-state index in [-0.39, 0.29) is 13.2 Å². The highest BCUT2D eigenvalue weighted by atomic mass is 79.9. The van der Waals surface area contributed by atoms with Crippen LogP contribution in [0.2, 0.25) is 0 Å². The second-order valence-corrected chi connectivity index (χ2v) is 11.1. The lowest BCUT2D eigenvalue weighted by Crippen LogP contribution is -2.74. The Bertz CT molecular complexity index is 859. The van der Waals surface area contributed by atoms with E-state index in [9.17, 15) is 18.0 Å². The van der Waals surface area contributed by atoms with Gasteiger partial charge in [-0.1, -0.05) is 46.3 Å². The summed E-state index contributed by atoms with van der Waals surface area (Å²) in [5, 5.41) is -1.18. The van der Waals surface area contributed by atoms with E-state index in [1.54, 1.807) is 12.1 Å². The second-order valence-electron chi connectivity index (χ2n) is 7.10. The first-order chi connectivity index (χ1) is 12.6. The number of amides is 1. The average molecular weight is 461 g/mol. The molecule has 27 heavy (non-hydrogen) atoms. The predicted molar refractivity (Wildman–Crippen MR) is 100 cm³/mol. The minimum Gasteiger partial charge on any atom is -0.459 e. The van der Waals surface area contributed by atoms with Gasteiger partial charge in [0.2, 0.25) is 5.91 Å². The smallest absolute Gasteiger partial charge is 0.330 e. The summed E-state index contributed by atoms with van der Waals surface area (Å²) in [6, 6.07) is 7.83. The predicted octanol–water partition coefficient (Wildman–Crippen LogP) is 0.758. The van der Waals surface area contributed by atoms with Gasteiger partial charge in [0.1, 0.15) is 17.4 Å². The molecule has 1 aromatic carbocycles. The lowest BCUT2D eigenvalue weighted by Gasteiger charge is -2.48. The van der Waals surface area contributed by atoms with Crippen LogP contribution in [0.15, 0.2) is 30.3 Å². The molecule has 0 radical (unpaired) electrons. The number of carbonyl (C=O) groups excluding carboxylic acids is 2. The molecule has 3 atom stereocenters. The molecule has 0 bridgehead atoms. The molecule has 148 valence electrons. The van der Waals surface area contributed by atoms with Gasteiger partial charge in [0, 0.05) is 6.54 Å². The lowest BCUT2D eigenvalue weighted by molar-refractivity contribution is -0.165. The number of ether oxygens (including phenoxy) is 1. The first-order valence-corrected chi connectivity index (χ1v) is 10.6. The molecular formula is C17H21BrN2O6S. The van der Waals surface area contributed by atoms with Gasteiger partial charge in [-0.25, -0.2) is 18.7 Å². The molecule has 3 rings (SSSR count). The van der Waals surface area contributed by atoms with Gasteiger partial charge < -0.3 is 14.5 Å². The Kier molecular flexibility index (Phi) is 5.13. The van der Waals surface area contributed by atoms with Crippen molar-refractivity contribution in [1.82, 2.24) is 10.4 Å². The minimum atomic E-state index is -3.85. The van der Waals surface area contributed by atoms with Crippen LogP contribution in [-0.4, -0.2) is 59.3 Å². The Balaban J connectivity index is 1.86. The normalized spacial score (nSPS) is 30.5. The van der Waals surface area contributed by atoms with Crippen LogP contribution in [0, 0.1) is 0 Å². The number of sulfone groups is 1. The van der Waals surface area contributed by atoms with Crippen molar-refractivity contribution in [2.75, 3.05) is 13.7 Å². The van der Waals surface area contributed by atoms with Crippen LogP contribution in [0.1, 0.15) is 19.4 Å². The molecule has 1 amide bonds. The zero-order chi connectivity index (χ0) is 20.0. The summed E-state index contributed by atoms with van der Waals surface area (Å²) in [4.78, 5) is 31.4. The number of nitrogens with one attached hydrogen (secondary N) is 1. The molecular weight excluding hydrogens is 440 g/mol. The fraction of sp³-hybridized carbons (Fsp3) is 0.529. The Morgan fingerprint density at radius 1 is 1.30 bits per heavy atom. The number of nitrogens with zero attached hydrogens (tertiary/aromatic N) is 1. The number of esters is 1. The van der Waals surface area contributed by atoms with Gasteiger partial charge in [-0.2, -0.15) is 0 Å². The van der Waals surface area contributed by atoms with Crippen molar-refractivity contribution in [3.63, 3.8) is 0 Å². The Morgan fingerprint density at radius 3 is 2.52 bits per heavy atom. The van der Waals surface area contributed by atoms with E-state index >= 15 is 0 Å². The number of fused-ring (bicyclic) bond motifs is 1. The second kappa shape index (κ2) is 6.84. The van der Waals surface area contributed by atoms with Crippen molar-refractivity contribution >= 4 is 37.6 Å². The fourth-order valence-electron chi connectivity index (χ4n) is 3.55. The van der Waals surface area contributed by atoms with Crippen LogP contribution < -0.4 is 5.48 Å². The summed E-state index contributed by atoms with van der Waals surface area (Å²) < 4.78 is 28.7. The minimum absolute atomic E-state index is 0.00365. The molecule has 2 fully saturated rings. The van der Waals surface area contributed by atoms with E-state index in [1.807, 2.05) is 18.2 Å². The first-order valence-electron chi connectivity index (χ1n) is 8.30. The molecule has 0 spiro atoms. The summed E-state index contributed by atoms with van der Waals surface area (Å²) >= 11 is 3.26. The third kappa shape index (κ3) is 2.89. The van der Waals surface area contributed by atoms with Crippen molar-refractivity contribution in [3.05, 3.63) is 35.9 Å². The van der Waals surface area contributed by atoms with E-state index in [0.717, 1.165) is 10.5 Å². The highest BCUT2D eigenvalue weighted by molar-refractivity contribution is 9.10. The Labute approximate surface area is 166 Å². The van der Waals surface area contributed by atoms with Gasteiger partial charge in [0.15, 0.2) is 19.5 Å². The Morgan fingerprint density at radius 2 is 1.93 bits per heavy atom. The average Bonchev–Trinajstić information content (AvgIpc) is 2.79. The number of hydroxylamine groups is 1. The number of halogens is 1. The maximum absolute atomic E-state index is 13.1. The van der Waals surface area contributed by atoms with Gasteiger partial charge in [0.05, 0.1) is 7.11 Å². The zero-order valence-electron chi connectivity index (χ0n) is 15.1. The van der Waals surface area contributed by atoms with Gasteiger partial charge in [0.25, 0.3) is 0 Å². The summed E-state index contributed by atoms with van der Waals surface area (Å²) in [6.45, 7) is 2.84. The van der Waals surface area contributed by atoms with Crippen molar-refractivity contribution in [2.24, 2.45) is 0 Å². The molecule has 2 aliphatic heterocycles. The van der Waals surface area contributed by atoms with Crippen molar-refractivity contribution in [3.8, 4) is 0 Å². The van der Waals surface area contributed by atoms with Gasteiger partial charge in [-0.3, -0.25) is 4.79 Å². The summed E-state index contributed by atoms with van der Waals surface area (Å²) in [6.07, 6.45) is 0. The number of alkyl halides is 1. The maximum atomic E-state index is 13.1. The monoisotopic (exact) mass is 460 g/mol. The van der Waals surface area contributed by atoms with Crippen LogP contribution in [0.4, 0.5) is 0 Å². The first kappa shape index (κ1) is 20.2.